The molecule has 0 aromatic heterocycles. The predicted octanol–water partition coefficient (Wildman–Crippen LogP) is 0.915. The van der Waals surface area contributed by atoms with E-state index in [1.807, 2.05) is 0 Å². The summed E-state index contributed by atoms with van der Waals surface area (Å²) in [6.07, 6.45) is 2.51. The molecule has 0 spiro atoms. The molecule has 3 fully saturated rings. The average molecular weight is 535 g/mol. The van der Waals surface area contributed by atoms with Gasteiger partial charge in [0.2, 0.25) is 0 Å². The van der Waals surface area contributed by atoms with Gasteiger partial charge in [0.15, 0.2) is 3.61 Å². The molecular weight excluding hydrogens is 512 g/mol. The van der Waals surface area contributed by atoms with Crippen LogP contribution in [0.25, 0.3) is 0 Å². The highest BCUT2D eigenvalue weighted by molar-refractivity contribution is 14.2. The third-order valence-electron chi connectivity index (χ3n) is 5.64. The smallest absolute Gasteiger partial charge is 0.315 e. The molecule has 2 saturated carbocycles. The second-order valence-electron chi connectivity index (χ2n) is 6.51. The number of ether oxygens (including phenoxy) is 1. The lowest BCUT2D eigenvalue weighted by atomic mass is 9.64. The Kier molecular flexibility index (Phi) is 4.60. The molecule has 2 aliphatic carbocycles. The van der Waals surface area contributed by atoms with Gasteiger partial charge in [0.05, 0.1) is 10.0 Å². The van der Waals surface area contributed by atoms with Crippen molar-refractivity contribution in [3.05, 3.63) is 0 Å². The van der Waals surface area contributed by atoms with Crippen molar-refractivity contribution in [2.24, 2.45) is 11.8 Å². The van der Waals surface area contributed by atoms with E-state index in [4.69, 9.17) is 9.84 Å². The van der Waals surface area contributed by atoms with E-state index in [1.54, 1.807) is 0 Å². The van der Waals surface area contributed by atoms with E-state index in [0.29, 0.717) is 6.54 Å². The summed E-state index contributed by atoms with van der Waals surface area (Å²) < 4.78 is 13.1. The number of hydrogen-bond donors (Lipinski definition) is 3. The van der Waals surface area contributed by atoms with Gasteiger partial charge in [-0.2, -0.15) is 0 Å². The Morgan fingerprint density at radius 2 is 2.14 bits per heavy atom. The van der Waals surface area contributed by atoms with Crippen molar-refractivity contribution in [1.82, 2.24) is 5.32 Å². The normalized spacial score (nSPS) is 50.0. The second-order valence-corrected chi connectivity index (χ2v) is 11.8. The molecule has 1 saturated heterocycles. The lowest BCUT2D eigenvalue weighted by Gasteiger charge is -2.52. The molecule has 3 aliphatic rings. The molecule has 7 heteroatoms. The van der Waals surface area contributed by atoms with Crippen molar-refractivity contribution in [2.75, 3.05) is 13.2 Å². The number of aliphatic hydroxyl groups is 2. The van der Waals surface area contributed by atoms with E-state index in [1.165, 1.54) is 0 Å². The number of nitrogens with one attached hydrogen (secondary N) is 1. The highest BCUT2D eigenvalue weighted by Crippen LogP contribution is 2.70. The SMILES string of the molecule is C=I[C@@]12CC[C@@]3(I=C)OC(=O)C([C@H](NCCO)[C@@H](C)C1)[C@@]23O. The number of alkyl halides is 2. The van der Waals surface area contributed by atoms with Gasteiger partial charge < -0.3 is 20.3 Å². The van der Waals surface area contributed by atoms with Gasteiger partial charge in [-0.05, 0) is 18.8 Å². The van der Waals surface area contributed by atoms with Gasteiger partial charge in [-0.3, -0.25) is 4.79 Å². The molecule has 5 nitrogen and oxygen atoms in total. The third kappa shape index (κ3) is 1.94. The maximum atomic E-state index is 12.6. The van der Waals surface area contributed by atoms with Crippen molar-refractivity contribution in [1.29, 1.82) is 0 Å². The van der Waals surface area contributed by atoms with Crippen LogP contribution in [0.15, 0.2) is 0 Å². The fraction of sp³-hybridized carbons (Fsp3) is 0.800. The highest BCUT2D eigenvalue weighted by atomic mass is 127. The number of carbonyl (C=O) groups is 1. The largest absolute Gasteiger partial charge is 0.445 e. The Labute approximate surface area is 150 Å². The summed E-state index contributed by atoms with van der Waals surface area (Å²) >= 11 is -1.16. The molecule has 3 rings (SSSR count). The topological polar surface area (TPSA) is 78.8 Å². The average Bonchev–Trinajstić information content (AvgIpc) is 2.88. The number of hydrogen-bond acceptors (Lipinski definition) is 5. The minimum atomic E-state index is -1.11. The van der Waals surface area contributed by atoms with E-state index in [-0.39, 0.29) is 28.0 Å². The van der Waals surface area contributed by atoms with Crippen LogP contribution in [-0.4, -0.2) is 57.0 Å². The quantitative estimate of drug-likeness (QED) is 0.278. The number of aliphatic hydroxyl groups excluding tert-OH is 1. The van der Waals surface area contributed by atoms with Crippen LogP contribution in [0.4, 0.5) is 0 Å². The van der Waals surface area contributed by atoms with Gasteiger partial charge >= 0.3 is 5.97 Å². The Hall–Kier alpha value is 0.550. The molecule has 1 aliphatic heterocycles. The van der Waals surface area contributed by atoms with Crippen LogP contribution in [0, 0.1) is 11.8 Å². The van der Waals surface area contributed by atoms with Crippen LogP contribution in [-0.2, 0) is 9.53 Å². The zero-order valence-corrected chi connectivity index (χ0v) is 17.0. The monoisotopic (exact) mass is 535 g/mol. The van der Waals surface area contributed by atoms with Gasteiger partial charge in [-0.15, -0.1) is 20.7 Å². The molecule has 6 atom stereocenters. The molecule has 0 amide bonds. The van der Waals surface area contributed by atoms with Crippen LogP contribution in [0.5, 0.6) is 0 Å². The molecule has 0 bridgehead atoms. The maximum absolute atomic E-state index is 12.6. The molecule has 0 radical (unpaired) electrons. The van der Waals surface area contributed by atoms with Crippen LogP contribution < -0.4 is 5.32 Å². The van der Waals surface area contributed by atoms with Gasteiger partial charge in [0.1, 0.15) is 11.5 Å². The summed E-state index contributed by atoms with van der Waals surface area (Å²) in [5.41, 5.74) is -1.11. The van der Waals surface area contributed by atoms with Gasteiger partial charge in [0, 0.05) is 19.0 Å². The standard InChI is InChI=1S/C15H23I2NO4/c1-9-8-13(16-2)4-5-14(17-3)15(13,21)10(12(20)22-14)11(9)18-6-7-19/h9-11,18-19,21H,2-8H2,1H3/t9-,10?,11+,13-,14+,15+/m0/s1. The lowest BCUT2D eigenvalue weighted by Crippen LogP contribution is -2.68. The molecule has 0 aromatic rings. The first kappa shape index (κ1) is 17.4. The van der Waals surface area contributed by atoms with E-state index in [0.717, 1.165) is 19.3 Å². The summed E-state index contributed by atoms with van der Waals surface area (Å²) in [6, 6.07) is -0.149. The zero-order valence-electron chi connectivity index (χ0n) is 12.6. The third-order valence-corrected chi connectivity index (χ3v) is 11.7. The van der Waals surface area contributed by atoms with Crippen molar-refractivity contribution < 1.29 is 19.7 Å². The number of esters is 1. The van der Waals surface area contributed by atoms with Gasteiger partial charge in [0.25, 0.3) is 0 Å². The summed E-state index contributed by atoms with van der Waals surface area (Å²) in [5, 5.41) is 24.2. The molecule has 0 aromatic carbocycles. The minimum Gasteiger partial charge on any atom is -0.445 e. The zero-order chi connectivity index (χ0) is 16.2. The Bertz CT molecular complexity index is 530. The van der Waals surface area contributed by atoms with E-state index in [2.05, 4.69) is 21.3 Å². The van der Waals surface area contributed by atoms with Crippen molar-refractivity contribution in [3.63, 3.8) is 0 Å². The summed E-state index contributed by atoms with van der Waals surface area (Å²) in [5.74, 6) is -0.578. The van der Waals surface area contributed by atoms with Gasteiger partial charge in [-0.1, -0.05) is 36.7 Å². The van der Waals surface area contributed by atoms with Crippen LogP contribution in [0.1, 0.15) is 26.2 Å². The molecule has 1 unspecified atom stereocenters. The Balaban J connectivity index is 2.12. The maximum Gasteiger partial charge on any atom is 0.315 e. The lowest BCUT2D eigenvalue weighted by molar-refractivity contribution is -0.146. The Morgan fingerprint density at radius 3 is 2.73 bits per heavy atom. The molecule has 126 valence electrons. The summed E-state index contributed by atoms with van der Waals surface area (Å²) in [4.78, 5) is 12.6. The van der Waals surface area contributed by atoms with Crippen molar-refractivity contribution >= 4 is 56.5 Å². The van der Waals surface area contributed by atoms with E-state index >= 15 is 0 Å². The molecule has 1 heterocycles. The van der Waals surface area contributed by atoms with Crippen LogP contribution in [0.3, 0.4) is 0 Å². The highest BCUT2D eigenvalue weighted by Gasteiger charge is 2.80. The van der Waals surface area contributed by atoms with Gasteiger partial charge in [-0.25, -0.2) is 0 Å². The first-order valence-electron chi connectivity index (χ1n) is 7.50. The summed E-state index contributed by atoms with van der Waals surface area (Å²) in [7, 11) is 0. The van der Waals surface area contributed by atoms with E-state index < -0.39 is 56.6 Å². The van der Waals surface area contributed by atoms with Crippen molar-refractivity contribution in [2.45, 2.75) is 44.9 Å². The molecule has 3 N–H and O–H groups in total. The molecule has 22 heavy (non-hydrogen) atoms. The fourth-order valence-corrected chi connectivity index (χ4v) is 10.7. The van der Waals surface area contributed by atoms with E-state index in [9.17, 15) is 9.90 Å². The van der Waals surface area contributed by atoms with Crippen LogP contribution >= 0.6 is 41.5 Å². The van der Waals surface area contributed by atoms with Crippen molar-refractivity contribution in [3.8, 4) is 0 Å². The first-order valence-corrected chi connectivity index (χ1v) is 12.7. The number of halogens is 2. The van der Waals surface area contributed by atoms with Crippen LogP contribution in [0.2, 0.25) is 0 Å². The minimum absolute atomic E-state index is 0.0181. The Morgan fingerprint density at radius 1 is 1.41 bits per heavy atom. The molecular formula is C15H23I2NO4. The fourth-order valence-electron chi connectivity index (χ4n) is 4.71. The second kappa shape index (κ2) is 5.82. The number of carbonyl (C=O) groups excluding carboxylic acids is 1. The first-order chi connectivity index (χ1) is 10.4. The number of rotatable bonds is 5. The predicted molar refractivity (Wildman–Crippen MR) is 104 cm³/mol. The summed E-state index contributed by atoms with van der Waals surface area (Å²) in [6.45, 7) is 2.57.